The molecule has 0 aliphatic carbocycles. The lowest BCUT2D eigenvalue weighted by molar-refractivity contribution is -0.384. The number of fused-ring (bicyclic) bond motifs is 3. The molecule has 1 aromatic carbocycles. The van der Waals surface area contributed by atoms with Crippen molar-refractivity contribution in [1.29, 1.82) is 0 Å². The first-order chi connectivity index (χ1) is 12.6. The zero-order valence-electron chi connectivity index (χ0n) is 13.3. The van der Waals surface area contributed by atoms with Crippen LogP contribution in [-0.2, 0) is 0 Å². The maximum atomic E-state index is 12.3. The van der Waals surface area contributed by atoms with Crippen LogP contribution in [0.15, 0.2) is 41.9 Å². The molecular weight excluding hydrogens is 374 g/mol. The standard InChI is InChI=1S/C16H13N5O3S2/c22-14(13-9-12-15(26-13)19-16-20(12)7-8-25-16)18-6-5-17-10-1-3-11(4-2-10)21(23)24/h1-4,7-9,17H,5-6H2,(H,18,22). The molecule has 0 saturated carbocycles. The third kappa shape index (κ3) is 3.11. The van der Waals surface area contributed by atoms with Crippen LogP contribution in [0.1, 0.15) is 9.67 Å². The lowest BCUT2D eigenvalue weighted by atomic mass is 10.3. The van der Waals surface area contributed by atoms with Gasteiger partial charge in [0.25, 0.3) is 11.6 Å². The highest BCUT2D eigenvalue weighted by Gasteiger charge is 2.14. The summed E-state index contributed by atoms with van der Waals surface area (Å²) in [6.07, 6.45) is 1.94. The Labute approximate surface area is 155 Å². The zero-order valence-corrected chi connectivity index (χ0v) is 15.0. The van der Waals surface area contributed by atoms with Crippen LogP contribution in [-0.4, -0.2) is 33.3 Å². The molecule has 0 radical (unpaired) electrons. The van der Waals surface area contributed by atoms with Gasteiger partial charge in [0.05, 0.1) is 15.3 Å². The van der Waals surface area contributed by atoms with Crippen molar-refractivity contribution in [2.75, 3.05) is 18.4 Å². The van der Waals surface area contributed by atoms with Gasteiger partial charge in [-0.15, -0.1) is 22.7 Å². The topological polar surface area (TPSA) is 102 Å². The minimum absolute atomic E-state index is 0.0478. The number of anilines is 1. The van der Waals surface area contributed by atoms with Crippen LogP contribution >= 0.6 is 22.7 Å². The summed E-state index contributed by atoms with van der Waals surface area (Å²) < 4.78 is 1.98. The smallest absolute Gasteiger partial charge is 0.269 e. The molecule has 3 aromatic heterocycles. The van der Waals surface area contributed by atoms with E-state index in [-0.39, 0.29) is 11.6 Å². The number of amides is 1. The Kier molecular flexibility index (Phi) is 4.27. The minimum atomic E-state index is -0.438. The molecule has 2 N–H and O–H groups in total. The van der Waals surface area contributed by atoms with Gasteiger partial charge in [0.1, 0.15) is 4.83 Å². The van der Waals surface area contributed by atoms with E-state index in [1.54, 1.807) is 23.5 Å². The number of rotatable bonds is 6. The number of hydrogen-bond donors (Lipinski definition) is 2. The molecule has 4 rings (SSSR count). The predicted molar refractivity (Wildman–Crippen MR) is 102 cm³/mol. The Hall–Kier alpha value is -2.98. The van der Waals surface area contributed by atoms with E-state index in [2.05, 4.69) is 15.6 Å². The van der Waals surface area contributed by atoms with E-state index in [0.29, 0.717) is 18.0 Å². The van der Waals surface area contributed by atoms with Crippen molar-refractivity contribution in [3.05, 3.63) is 56.9 Å². The van der Waals surface area contributed by atoms with Crippen molar-refractivity contribution in [3.8, 4) is 0 Å². The quantitative estimate of drug-likeness (QED) is 0.300. The summed E-state index contributed by atoms with van der Waals surface area (Å²) in [5.74, 6) is -0.137. The van der Waals surface area contributed by atoms with Crippen molar-refractivity contribution >= 4 is 55.3 Å². The number of benzene rings is 1. The third-order valence-corrected chi connectivity index (χ3v) is 5.55. The fourth-order valence-electron chi connectivity index (χ4n) is 2.53. The van der Waals surface area contributed by atoms with E-state index in [4.69, 9.17) is 0 Å². The van der Waals surface area contributed by atoms with Crippen molar-refractivity contribution in [2.24, 2.45) is 0 Å². The molecule has 0 saturated heterocycles. The number of carbonyl (C=O) groups excluding carboxylic acids is 1. The summed E-state index contributed by atoms with van der Waals surface area (Å²) in [5, 5.41) is 18.5. The van der Waals surface area contributed by atoms with Crippen LogP contribution in [0.2, 0.25) is 0 Å². The molecule has 0 atom stereocenters. The largest absolute Gasteiger partial charge is 0.383 e. The van der Waals surface area contributed by atoms with Gasteiger partial charge < -0.3 is 10.6 Å². The number of non-ortho nitro benzene ring substituents is 1. The molecule has 0 fully saturated rings. The normalized spacial score (nSPS) is 11.1. The average molecular weight is 387 g/mol. The maximum Gasteiger partial charge on any atom is 0.269 e. The second-order valence-corrected chi connectivity index (χ2v) is 7.36. The van der Waals surface area contributed by atoms with Crippen molar-refractivity contribution in [1.82, 2.24) is 14.7 Å². The monoisotopic (exact) mass is 387 g/mol. The lowest BCUT2D eigenvalue weighted by Gasteiger charge is -2.07. The molecule has 1 amide bonds. The van der Waals surface area contributed by atoms with Crippen LogP contribution in [0.3, 0.4) is 0 Å². The number of thiophene rings is 1. The number of thiazole rings is 1. The minimum Gasteiger partial charge on any atom is -0.383 e. The van der Waals surface area contributed by atoms with Crippen LogP contribution in [0, 0.1) is 10.1 Å². The highest BCUT2D eigenvalue weighted by Crippen LogP contribution is 2.28. The van der Waals surface area contributed by atoms with Crippen molar-refractivity contribution in [2.45, 2.75) is 0 Å². The lowest BCUT2D eigenvalue weighted by Crippen LogP contribution is -2.28. The van der Waals surface area contributed by atoms with Crippen LogP contribution in [0.25, 0.3) is 15.3 Å². The molecule has 132 valence electrons. The molecular formula is C16H13N5O3S2. The Balaban J connectivity index is 1.32. The van der Waals surface area contributed by atoms with Gasteiger partial charge in [-0.25, -0.2) is 4.98 Å². The highest BCUT2D eigenvalue weighted by molar-refractivity contribution is 7.21. The first kappa shape index (κ1) is 16.5. The molecule has 0 unspecified atom stereocenters. The first-order valence-corrected chi connectivity index (χ1v) is 9.43. The van der Waals surface area contributed by atoms with E-state index in [9.17, 15) is 14.9 Å². The SMILES string of the molecule is O=C(NCCNc1ccc([N+](=O)[O-])cc1)c1cc2c(nc3sccn32)s1. The van der Waals surface area contributed by atoms with Gasteiger partial charge >= 0.3 is 0 Å². The van der Waals surface area contributed by atoms with E-state index in [1.807, 2.05) is 22.0 Å². The fraction of sp³-hybridized carbons (Fsp3) is 0.125. The Morgan fingerprint density at radius 2 is 2.08 bits per heavy atom. The molecule has 0 aliphatic rings. The predicted octanol–water partition coefficient (Wildman–Crippen LogP) is 3.36. The molecule has 4 aromatic rings. The van der Waals surface area contributed by atoms with E-state index in [1.165, 1.54) is 23.5 Å². The maximum absolute atomic E-state index is 12.3. The van der Waals surface area contributed by atoms with Gasteiger partial charge in [-0.1, -0.05) is 0 Å². The second kappa shape index (κ2) is 6.73. The van der Waals surface area contributed by atoms with Crippen LogP contribution in [0.5, 0.6) is 0 Å². The number of aromatic nitrogens is 2. The summed E-state index contributed by atoms with van der Waals surface area (Å²) in [6, 6.07) is 8.01. The average Bonchev–Trinajstić information content (AvgIpc) is 3.31. The van der Waals surface area contributed by atoms with Gasteiger partial charge in [0, 0.05) is 42.5 Å². The molecule has 0 aliphatic heterocycles. The number of nitro groups is 1. The Morgan fingerprint density at radius 3 is 2.85 bits per heavy atom. The third-order valence-electron chi connectivity index (χ3n) is 3.78. The van der Waals surface area contributed by atoms with E-state index < -0.39 is 4.92 Å². The highest BCUT2D eigenvalue weighted by atomic mass is 32.1. The van der Waals surface area contributed by atoms with E-state index in [0.717, 1.165) is 21.0 Å². The molecule has 26 heavy (non-hydrogen) atoms. The summed E-state index contributed by atoms with van der Waals surface area (Å²) >= 11 is 2.93. The Morgan fingerprint density at radius 1 is 1.27 bits per heavy atom. The number of nitro benzene ring substituents is 1. The van der Waals surface area contributed by atoms with Gasteiger partial charge in [0.15, 0.2) is 4.96 Å². The van der Waals surface area contributed by atoms with Gasteiger partial charge in [0.2, 0.25) is 0 Å². The second-order valence-electron chi connectivity index (χ2n) is 5.46. The summed E-state index contributed by atoms with van der Waals surface area (Å²) in [6.45, 7) is 0.953. The van der Waals surface area contributed by atoms with Gasteiger partial charge in [-0.2, -0.15) is 0 Å². The van der Waals surface area contributed by atoms with E-state index >= 15 is 0 Å². The van der Waals surface area contributed by atoms with Crippen molar-refractivity contribution in [3.63, 3.8) is 0 Å². The Bertz CT molecular complexity index is 1100. The number of nitrogens with one attached hydrogen (secondary N) is 2. The molecule has 3 heterocycles. The molecule has 0 spiro atoms. The van der Waals surface area contributed by atoms with Crippen LogP contribution in [0.4, 0.5) is 11.4 Å². The number of nitrogens with zero attached hydrogens (tertiary/aromatic N) is 3. The van der Waals surface area contributed by atoms with Crippen LogP contribution < -0.4 is 10.6 Å². The number of imidazole rings is 1. The number of carbonyl (C=O) groups is 1. The number of hydrogen-bond acceptors (Lipinski definition) is 7. The fourth-order valence-corrected chi connectivity index (χ4v) is 4.25. The molecule has 0 bridgehead atoms. The first-order valence-electron chi connectivity index (χ1n) is 7.73. The molecule has 8 nitrogen and oxygen atoms in total. The summed E-state index contributed by atoms with van der Waals surface area (Å²) in [4.78, 5) is 29.4. The summed E-state index contributed by atoms with van der Waals surface area (Å²) in [5.41, 5.74) is 1.76. The zero-order chi connectivity index (χ0) is 18.1. The van der Waals surface area contributed by atoms with Gasteiger partial charge in [-0.3, -0.25) is 19.3 Å². The van der Waals surface area contributed by atoms with Crippen molar-refractivity contribution < 1.29 is 9.72 Å². The summed E-state index contributed by atoms with van der Waals surface area (Å²) in [7, 11) is 0. The van der Waals surface area contributed by atoms with Gasteiger partial charge in [-0.05, 0) is 18.2 Å². The molecule has 10 heteroatoms.